The van der Waals surface area contributed by atoms with Crippen molar-refractivity contribution in [2.24, 2.45) is 0 Å². The van der Waals surface area contributed by atoms with Gasteiger partial charge in [0.05, 0.1) is 12.4 Å². The van der Waals surface area contributed by atoms with Crippen molar-refractivity contribution in [3.63, 3.8) is 0 Å². The summed E-state index contributed by atoms with van der Waals surface area (Å²) in [7, 11) is 0. The summed E-state index contributed by atoms with van der Waals surface area (Å²) in [5.74, 6) is 1.15. The molecule has 1 aliphatic carbocycles. The first-order valence-electron chi connectivity index (χ1n) is 4.92. The summed E-state index contributed by atoms with van der Waals surface area (Å²) in [5, 5.41) is 0. The van der Waals surface area contributed by atoms with Crippen LogP contribution in [-0.4, -0.2) is 12.9 Å². The molecule has 1 unspecified atom stereocenters. The number of hydrogen-bond donors (Lipinski definition) is 0. The second-order valence-electron chi connectivity index (χ2n) is 3.48. The molecule has 2 heteroatoms. The van der Waals surface area contributed by atoms with Gasteiger partial charge in [-0.3, -0.25) is 0 Å². The zero-order valence-electron chi connectivity index (χ0n) is 7.42. The van der Waals surface area contributed by atoms with Gasteiger partial charge in [-0.1, -0.05) is 0 Å². The fourth-order valence-corrected chi connectivity index (χ4v) is 1.72. The maximum atomic E-state index is 5.69. The molecular weight excluding hydrogens is 152 g/mol. The van der Waals surface area contributed by atoms with E-state index in [1.807, 2.05) is 0 Å². The zero-order chi connectivity index (χ0) is 8.23. The minimum atomic E-state index is 0.0584. The van der Waals surface area contributed by atoms with Crippen LogP contribution in [0.15, 0.2) is 11.8 Å². The molecule has 1 saturated heterocycles. The van der Waals surface area contributed by atoms with Gasteiger partial charge < -0.3 is 9.47 Å². The monoisotopic (exact) mass is 168 g/mol. The molecule has 0 bridgehead atoms. The van der Waals surface area contributed by atoms with Gasteiger partial charge >= 0.3 is 0 Å². The highest BCUT2D eigenvalue weighted by molar-refractivity contribution is 4.99. The summed E-state index contributed by atoms with van der Waals surface area (Å²) in [5.41, 5.74) is 0. The lowest BCUT2D eigenvalue weighted by atomic mass is 10.2. The number of allylic oxidation sites excluding steroid dienone is 2. The lowest BCUT2D eigenvalue weighted by Crippen LogP contribution is -2.21. The highest BCUT2D eigenvalue weighted by Gasteiger charge is 2.17. The van der Waals surface area contributed by atoms with Crippen molar-refractivity contribution in [1.82, 2.24) is 0 Å². The molecule has 0 aromatic heterocycles. The Morgan fingerprint density at radius 1 is 1.33 bits per heavy atom. The Morgan fingerprint density at radius 3 is 3.00 bits per heavy atom. The van der Waals surface area contributed by atoms with E-state index in [0.717, 1.165) is 25.2 Å². The summed E-state index contributed by atoms with van der Waals surface area (Å²) in [6, 6.07) is 0. The molecule has 0 N–H and O–H groups in total. The molecule has 0 radical (unpaired) electrons. The third-order valence-electron chi connectivity index (χ3n) is 2.42. The highest BCUT2D eigenvalue weighted by Crippen LogP contribution is 2.23. The average molecular weight is 168 g/mol. The molecule has 1 atom stereocenters. The van der Waals surface area contributed by atoms with E-state index in [-0.39, 0.29) is 6.29 Å². The van der Waals surface area contributed by atoms with Gasteiger partial charge in [-0.15, -0.1) is 0 Å². The van der Waals surface area contributed by atoms with Gasteiger partial charge in [0.1, 0.15) is 0 Å². The van der Waals surface area contributed by atoms with E-state index < -0.39 is 0 Å². The Kier molecular flexibility index (Phi) is 2.67. The predicted molar refractivity (Wildman–Crippen MR) is 46.6 cm³/mol. The van der Waals surface area contributed by atoms with Crippen LogP contribution in [0.25, 0.3) is 0 Å². The Bertz CT molecular complexity index is 169. The molecule has 0 saturated carbocycles. The van der Waals surface area contributed by atoms with Crippen LogP contribution in [0.5, 0.6) is 0 Å². The van der Waals surface area contributed by atoms with E-state index in [0.29, 0.717) is 0 Å². The maximum Gasteiger partial charge on any atom is 0.199 e. The van der Waals surface area contributed by atoms with Gasteiger partial charge in [-0.2, -0.15) is 0 Å². The van der Waals surface area contributed by atoms with Crippen LogP contribution in [0.3, 0.4) is 0 Å². The summed E-state index contributed by atoms with van der Waals surface area (Å²) in [6.07, 6.45) is 9.30. The molecular formula is C10H16O2. The molecule has 1 aliphatic heterocycles. The molecule has 2 aliphatic rings. The Morgan fingerprint density at radius 2 is 2.33 bits per heavy atom. The standard InChI is InChI=1S/C10H16O2/c1-2-6-9(5-1)12-10-7-3-4-8-11-10/h5,10H,1-4,6-8H2. The molecule has 2 rings (SSSR count). The van der Waals surface area contributed by atoms with Crippen LogP contribution in [0.2, 0.25) is 0 Å². The van der Waals surface area contributed by atoms with Crippen LogP contribution in [0, 0.1) is 0 Å². The van der Waals surface area contributed by atoms with Crippen LogP contribution in [-0.2, 0) is 9.47 Å². The van der Waals surface area contributed by atoms with Crippen molar-refractivity contribution >= 4 is 0 Å². The molecule has 0 aromatic carbocycles. The number of ether oxygens (including phenoxy) is 2. The van der Waals surface area contributed by atoms with Crippen molar-refractivity contribution in [2.75, 3.05) is 6.61 Å². The number of rotatable bonds is 2. The van der Waals surface area contributed by atoms with Gasteiger partial charge in [0.2, 0.25) is 0 Å². The smallest absolute Gasteiger partial charge is 0.199 e. The molecule has 12 heavy (non-hydrogen) atoms. The van der Waals surface area contributed by atoms with E-state index in [4.69, 9.17) is 9.47 Å². The first-order valence-corrected chi connectivity index (χ1v) is 4.92. The molecule has 1 fully saturated rings. The summed E-state index contributed by atoms with van der Waals surface area (Å²) in [4.78, 5) is 0. The van der Waals surface area contributed by atoms with Crippen molar-refractivity contribution in [1.29, 1.82) is 0 Å². The van der Waals surface area contributed by atoms with Crippen LogP contribution in [0.4, 0.5) is 0 Å². The summed E-state index contributed by atoms with van der Waals surface area (Å²) >= 11 is 0. The van der Waals surface area contributed by atoms with Crippen LogP contribution in [0.1, 0.15) is 38.5 Å². The van der Waals surface area contributed by atoms with E-state index in [9.17, 15) is 0 Å². The molecule has 68 valence electrons. The minimum Gasteiger partial charge on any atom is -0.470 e. The average Bonchev–Trinajstić information content (AvgIpc) is 2.59. The van der Waals surface area contributed by atoms with E-state index in [2.05, 4.69) is 6.08 Å². The third kappa shape index (κ3) is 2.01. The topological polar surface area (TPSA) is 18.5 Å². The minimum absolute atomic E-state index is 0.0584. The molecule has 0 amide bonds. The normalized spacial score (nSPS) is 30.0. The predicted octanol–water partition coefficient (Wildman–Crippen LogP) is 2.60. The van der Waals surface area contributed by atoms with Gasteiger partial charge in [0, 0.05) is 12.8 Å². The fraction of sp³-hybridized carbons (Fsp3) is 0.800. The van der Waals surface area contributed by atoms with Crippen molar-refractivity contribution in [2.45, 2.75) is 44.8 Å². The molecule has 0 spiro atoms. The van der Waals surface area contributed by atoms with Gasteiger partial charge in [-0.05, 0) is 31.8 Å². The first kappa shape index (κ1) is 8.11. The van der Waals surface area contributed by atoms with Crippen molar-refractivity contribution in [3.8, 4) is 0 Å². The lowest BCUT2D eigenvalue weighted by molar-refractivity contribution is -0.139. The molecule has 1 heterocycles. The summed E-state index contributed by atoms with van der Waals surface area (Å²) < 4.78 is 11.2. The fourth-order valence-electron chi connectivity index (χ4n) is 1.72. The quantitative estimate of drug-likeness (QED) is 0.631. The van der Waals surface area contributed by atoms with Crippen molar-refractivity contribution in [3.05, 3.63) is 11.8 Å². The molecule has 0 aromatic rings. The van der Waals surface area contributed by atoms with E-state index in [1.54, 1.807) is 0 Å². The number of hydrogen-bond acceptors (Lipinski definition) is 2. The second kappa shape index (κ2) is 3.94. The largest absolute Gasteiger partial charge is 0.470 e. The van der Waals surface area contributed by atoms with Crippen molar-refractivity contribution < 1.29 is 9.47 Å². The highest BCUT2D eigenvalue weighted by atomic mass is 16.7. The third-order valence-corrected chi connectivity index (χ3v) is 2.42. The van der Waals surface area contributed by atoms with Crippen LogP contribution < -0.4 is 0 Å². The van der Waals surface area contributed by atoms with Gasteiger partial charge in [0.25, 0.3) is 0 Å². The summed E-state index contributed by atoms with van der Waals surface area (Å²) in [6.45, 7) is 0.873. The van der Waals surface area contributed by atoms with E-state index in [1.165, 1.54) is 25.7 Å². The maximum absolute atomic E-state index is 5.69. The molecule has 2 nitrogen and oxygen atoms in total. The van der Waals surface area contributed by atoms with Gasteiger partial charge in [-0.25, -0.2) is 0 Å². The van der Waals surface area contributed by atoms with Crippen LogP contribution >= 0.6 is 0 Å². The Hall–Kier alpha value is -0.500. The Labute approximate surface area is 73.5 Å². The van der Waals surface area contributed by atoms with Gasteiger partial charge in [0.15, 0.2) is 6.29 Å². The first-order chi connectivity index (χ1) is 5.95. The Balaban J connectivity index is 1.77. The second-order valence-corrected chi connectivity index (χ2v) is 3.48. The van der Waals surface area contributed by atoms with E-state index >= 15 is 0 Å². The zero-order valence-corrected chi connectivity index (χ0v) is 7.42. The SMILES string of the molecule is C1=C(OC2CCCCO2)CCC1. The lowest BCUT2D eigenvalue weighted by Gasteiger charge is -2.23.